The van der Waals surface area contributed by atoms with E-state index in [0.29, 0.717) is 0 Å². The average molecular weight is 143 g/mol. The van der Waals surface area contributed by atoms with Crippen molar-refractivity contribution >= 4 is 0 Å². The van der Waals surface area contributed by atoms with Gasteiger partial charge in [0.15, 0.2) is 0 Å². The lowest BCUT2D eigenvalue weighted by Crippen LogP contribution is -2.02. The topological polar surface area (TPSA) is 35.2 Å². The highest BCUT2D eigenvalue weighted by Gasteiger charge is 1.85. The molecule has 0 saturated heterocycles. The second kappa shape index (κ2) is 8.66. The SMILES string of the molecule is C=CCCOCCCCN. The Kier molecular flexibility index (Phi) is 8.37. The Labute approximate surface area is 63.1 Å². The molecule has 0 aromatic heterocycles. The van der Waals surface area contributed by atoms with Crippen molar-refractivity contribution in [3.63, 3.8) is 0 Å². The van der Waals surface area contributed by atoms with Crippen LogP contribution in [0.15, 0.2) is 12.7 Å². The van der Waals surface area contributed by atoms with E-state index in [1.165, 1.54) is 0 Å². The highest BCUT2D eigenvalue weighted by molar-refractivity contribution is 4.64. The van der Waals surface area contributed by atoms with Gasteiger partial charge in [-0.05, 0) is 25.8 Å². The Balaban J connectivity index is 2.70. The molecule has 0 spiro atoms. The summed E-state index contributed by atoms with van der Waals surface area (Å²) in [5.41, 5.74) is 5.30. The minimum atomic E-state index is 0.769. The summed E-state index contributed by atoms with van der Waals surface area (Å²) < 4.78 is 5.25. The van der Waals surface area contributed by atoms with Crippen molar-refractivity contribution < 1.29 is 4.74 Å². The van der Waals surface area contributed by atoms with Crippen LogP contribution in [0, 0.1) is 0 Å². The molecule has 2 nitrogen and oxygen atoms in total. The van der Waals surface area contributed by atoms with Crippen molar-refractivity contribution in [1.82, 2.24) is 0 Å². The molecule has 0 heterocycles. The van der Waals surface area contributed by atoms with E-state index in [1.54, 1.807) is 0 Å². The van der Waals surface area contributed by atoms with E-state index in [-0.39, 0.29) is 0 Å². The van der Waals surface area contributed by atoms with Crippen LogP contribution >= 0.6 is 0 Å². The monoisotopic (exact) mass is 143 g/mol. The van der Waals surface area contributed by atoms with Gasteiger partial charge in [0.1, 0.15) is 0 Å². The third kappa shape index (κ3) is 7.66. The molecule has 0 bridgehead atoms. The van der Waals surface area contributed by atoms with Crippen LogP contribution in [0.4, 0.5) is 0 Å². The van der Waals surface area contributed by atoms with Crippen LogP contribution in [0.25, 0.3) is 0 Å². The Morgan fingerprint density at radius 3 is 2.70 bits per heavy atom. The summed E-state index contributed by atoms with van der Waals surface area (Å²) in [7, 11) is 0. The van der Waals surface area contributed by atoms with Crippen LogP contribution in [0.2, 0.25) is 0 Å². The lowest BCUT2D eigenvalue weighted by molar-refractivity contribution is 0.135. The van der Waals surface area contributed by atoms with Gasteiger partial charge in [-0.2, -0.15) is 0 Å². The fourth-order valence-electron chi connectivity index (χ4n) is 0.617. The lowest BCUT2D eigenvalue weighted by atomic mass is 10.3. The Morgan fingerprint density at radius 2 is 2.10 bits per heavy atom. The van der Waals surface area contributed by atoms with E-state index in [1.807, 2.05) is 6.08 Å². The zero-order chi connectivity index (χ0) is 7.66. The van der Waals surface area contributed by atoms with Crippen LogP contribution in [0.1, 0.15) is 19.3 Å². The zero-order valence-electron chi connectivity index (χ0n) is 6.51. The quantitative estimate of drug-likeness (QED) is 0.431. The van der Waals surface area contributed by atoms with Gasteiger partial charge in [-0.3, -0.25) is 0 Å². The summed E-state index contributed by atoms with van der Waals surface area (Å²) in [5.74, 6) is 0. The van der Waals surface area contributed by atoms with Gasteiger partial charge < -0.3 is 10.5 Å². The molecular formula is C8H17NO. The fourth-order valence-corrected chi connectivity index (χ4v) is 0.617. The summed E-state index contributed by atoms with van der Waals surface area (Å²) in [5, 5.41) is 0. The van der Waals surface area contributed by atoms with E-state index in [0.717, 1.165) is 39.0 Å². The average Bonchev–Trinajstić information content (AvgIpc) is 1.97. The number of ether oxygens (including phenoxy) is 1. The maximum Gasteiger partial charge on any atom is 0.0500 e. The van der Waals surface area contributed by atoms with Gasteiger partial charge in [0.25, 0.3) is 0 Å². The van der Waals surface area contributed by atoms with Crippen molar-refractivity contribution in [1.29, 1.82) is 0 Å². The highest BCUT2D eigenvalue weighted by Crippen LogP contribution is 1.89. The van der Waals surface area contributed by atoms with Crippen molar-refractivity contribution in [2.75, 3.05) is 19.8 Å². The van der Waals surface area contributed by atoms with E-state index in [4.69, 9.17) is 10.5 Å². The van der Waals surface area contributed by atoms with E-state index in [9.17, 15) is 0 Å². The van der Waals surface area contributed by atoms with Crippen molar-refractivity contribution in [2.24, 2.45) is 5.73 Å². The van der Waals surface area contributed by atoms with E-state index >= 15 is 0 Å². The Bertz CT molecular complexity index is 73.7. The molecule has 60 valence electrons. The van der Waals surface area contributed by atoms with Crippen LogP contribution in [0.5, 0.6) is 0 Å². The summed E-state index contributed by atoms with van der Waals surface area (Å²) in [6.07, 6.45) is 4.95. The summed E-state index contributed by atoms with van der Waals surface area (Å²) in [6, 6.07) is 0. The van der Waals surface area contributed by atoms with Gasteiger partial charge in [-0.1, -0.05) is 6.08 Å². The van der Waals surface area contributed by atoms with Crippen LogP contribution in [0.3, 0.4) is 0 Å². The van der Waals surface area contributed by atoms with Gasteiger partial charge in [0.05, 0.1) is 0 Å². The molecule has 0 aromatic carbocycles. The molecule has 2 N–H and O–H groups in total. The van der Waals surface area contributed by atoms with Crippen molar-refractivity contribution in [2.45, 2.75) is 19.3 Å². The van der Waals surface area contributed by atoms with Gasteiger partial charge in [-0.25, -0.2) is 0 Å². The minimum absolute atomic E-state index is 0.769. The van der Waals surface area contributed by atoms with Crippen LogP contribution in [-0.4, -0.2) is 19.8 Å². The molecule has 0 aromatic rings. The third-order valence-corrected chi connectivity index (χ3v) is 1.21. The molecule has 0 aliphatic carbocycles. The first-order chi connectivity index (χ1) is 4.91. The van der Waals surface area contributed by atoms with E-state index < -0.39 is 0 Å². The Morgan fingerprint density at radius 1 is 1.30 bits per heavy atom. The van der Waals surface area contributed by atoms with Gasteiger partial charge in [0, 0.05) is 13.2 Å². The molecule has 0 aliphatic heterocycles. The standard InChI is InChI=1S/C8H17NO/c1-2-3-7-10-8-5-4-6-9/h2H,1,3-9H2. The molecule has 2 heteroatoms. The van der Waals surface area contributed by atoms with Gasteiger partial charge in [-0.15, -0.1) is 6.58 Å². The molecule has 0 radical (unpaired) electrons. The van der Waals surface area contributed by atoms with Crippen LogP contribution in [-0.2, 0) is 4.74 Å². The van der Waals surface area contributed by atoms with Crippen molar-refractivity contribution in [3.8, 4) is 0 Å². The second-order valence-corrected chi connectivity index (χ2v) is 2.19. The largest absolute Gasteiger partial charge is 0.381 e. The number of nitrogens with two attached hydrogens (primary N) is 1. The molecule has 0 rings (SSSR count). The summed E-state index contributed by atoms with van der Waals surface area (Å²) in [4.78, 5) is 0. The maximum atomic E-state index is 5.30. The zero-order valence-corrected chi connectivity index (χ0v) is 6.51. The fraction of sp³-hybridized carbons (Fsp3) is 0.750. The second-order valence-electron chi connectivity index (χ2n) is 2.19. The smallest absolute Gasteiger partial charge is 0.0500 e. The number of rotatable bonds is 7. The number of unbranched alkanes of at least 4 members (excludes halogenated alkanes) is 1. The lowest BCUT2D eigenvalue weighted by Gasteiger charge is -1.99. The molecule has 0 amide bonds. The molecule has 0 fully saturated rings. The summed E-state index contributed by atoms with van der Waals surface area (Å²) in [6.45, 7) is 6.00. The highest BCUT2D eigenvalue weighted by atomic mass is 16.5. The van der Waals surface area contributed by atoms with Crippen molar-refractivity contribution in [3.05, 3.63) is 12.7 Å². The normalized spacial score (nSPS) is 9.70. The first-order valence-electron chi connectivity index (χ1n) is 3.80. The first-order valence-corrected chi connectivity index (χ1v) is 3.80. The molecule has 0 saturated carbocycles. The number of hydrogen-bond acceptors (Lipinski definition) is 2. The summed E-state index contributed by atoms with van der Waals surface area (Å²) >= 11 is 0. The molecular weight excluding hydrogens is 126 g/mol. The molecule has 0 aliphatic rings. The molecule has 0 atom stereocenters. The molecule has 10 heavy (non-hydrogen) atoms. The number of hydrogen-bond donors (Lipinski definition) is 1. The van der Waals surface area contributed by atoms with Gasteiger partial charge in [0.2, 0.25) is 0 Å². The molecule has 0 unspecified atom stereocenters. The first kappa shape index (κ1) is 9.66. The van der Waals surface area contributed by atoms with Crippen LogP contribution < -0.4 is 5.73 Å². The van der Waals surface area contributed by atoms with E-state index in [2.05, 4.69) is 6.58 Å². The predicted molar refractivity (Wildman–Crippen MR) is 43.9 cm³/mol. The minimum Gasteiger partial charge on any atom is -0.381 e. The maximum absolute atomic E-state index is 5.30. The Hall–Kier alpha value is -0.340. The predicted octanol–water partition coefficient (Wildman–Crippen LogP) is 1.32. The van der Waals surface area contributed by atoms with Gasteiger partial charge >= 0.3 is 0 Å². The third-order valence-electron chi connectivity index (χ3n) is 1.21.